The van der Waals surface area contributed by atoms with E-state index in [1.54, 1.807) is 24.3 Å². The number of aliphatic carboxylic acids is 1. The van der Waals surface area contributed by atoms with Crippen LogP contribution < -0.4 is 5.32 Å². The van der Waals surface area contributed by atoms with Crippen LogP contribution in [0.3, 0.4) is 0 Å². The molecule has 20 heavy (non-hydrogen) atoms. The number of amides is 2. The van der Waals surface area contributed by atoms with E-state index >= 15 is 0 Å². The van der Waals surface area contributed by atoms with Crippen molar-refractivity contribution in [3.05, 3.63) is 18.0 Å². The van der Waals surface area contributed by atoms with Gasteiger partial charge in [-0.25, -0.2) is 4.79 Å². The van der Waals surface area contributed by atoms with Gasteiger partial charge in [0.25, 0.3) is 0 Å². The lowest BCUT2D eigenvalue weighted by atomic mass is 9.66. The highest BCUT2D eigenvalue weighted by atomic mass is 16.4. The molecule has 2 amide bonds. The van der Waals surface area contributed by atoms with E-state index in [2.05, 4.69) is 15.5 Å². The molecule has 3 N–H and O–H groups in total. The minimum Gasteiger partial charge on any atom is -0.481 e. The maximum Gasteiger partial charge on any atom is 0.317 e. The predicted octanol–water partition coefficient (Wildman–Crippen LogP) is 1.20. The van der Waals surface area contributed by atoms with E-state index < -0.39 is 5.97 Å². The Kier molecular flexibility index (Phi) is 4.26. The molecule has 1 aromatic rings. The van der Waals surface area contributed by atoms with Crippen molar-refractivity contribution in [2.75, 3.05) is 13.6 Å². The van der Waals surface area contributed by atoms with Crippen molar-refractivity contribution in [2.24, 2.45) is 5.41 Å². The summed E-state index contributed by atoms with van der Waals surface area (Å²) >= 11 is 0. The van der Waals surface area contributed by atoms with Gasteiger partial charge < -0.3 is 15.3 Å². The van der Waals surface area contributed by atoms with Crippen molar-refractivity contribution < 1.29 is 14.7 Å². The highest BCUT2D eigenvalue weighted by Crippen LogP contribution is 2.43. The number of aromatic nitrogens is 2. The Morgan fingerprint density at radius 1 is 1.55 bits per heavy atom. The number of rotatable bonds is 6. The third-order valence-corrected chi connectivity index (χ3v) is 3.88. The first-order chi connectivity index (χ1) is 9.51. The number of hydrogen-bond acceptors (Lipinski definition) is 3. The molecule has 0 unspecified atom stereocenters. The molecule has 0 bridgehead atoms. The Morgan fingerprint density at radius 3 is 2.80 bits per heavy atom. The summed E-state index contributed by atoms with van der Waals surface area (Å²) < 4.78 is 0. The molecule has 110 valence electrons. The van der Waals surface area contributed by atoms with Crippen molar-refractivity contribution in [3.8, 4) is 0 Å². The zero-order valence-corrected chi connectivity index (χ0v) is 11.6. The first-order valence-electron chi connectivity index (χ1n) is 6.69. The standard InChI is InChI=1S/C13H20N4O3/c1-17(8-10-6-15-16-7-10)12(20)14-9-13(3-2-4-13)5-11(18)19/h6-7H,2-5,8-9H2,1H3,(H,14,20)(H,15,16)(H,18,19). The molecule has 0 aromatic carbocycles. The molecule has 0 aliphatic heterocycles. The minimum absolute atomic E-state index is 0.124. The molecule has 0 saturated heterocycles. The summed E-state index contributed by atoms with van der Waals surface area (Å²) in [4.78, 5) is 24.4. The summed E-state index contributed by atoms with van der Waals surface area (Å²) in [6.07, 6.45) is 6.30. The van der Waals surface area contributed by atoms with Gasteiger partial charge in [-0.05, 0) is 18.3 Å². The molecule has 1 saturated carbocycles. The Hall–Kier alpha value is -2.05. The summed E-state index contributed by atoms with van der Waals surface area (Å²) in [5, 5.41) is 18.3. The van der Waals surface area contributed by atoms with Crippen LogP contribution in [0, 0.1) is 5.41 Å². The summed E-state index contributed by atoms with van der Waals surface area (Å²) in [6.45, 7) is 0.891. The normalized spacial score (nSPS) is 16.2. The van der Waals surface area contributed by atoms with Crippen LogP contribution in [0.15, 0.2) is 12.4 Å². The van der Waals surface area contributed by atoms with Crippen molar-refractivity contribution in [3.63, 3.8) is 0 Å². The maximum absolute atomic E-state index is 12.0. The lowest BCUT2D eigenvalue weighted by Gasteiger charge is -2.41. The van der Waals surface area contributed by atoms with Crippen molar-refractivity contribution in [1.82, 2.24) is 20.4 Å². The number of urea groups is 1. The average molecular weight is 280 g/mol. The van der Waals surface area contributed by atoms with Crippen LogP contribution in [0.2, 0.25) is 0 Å². The first-order valence-corrected chi connectivity index (χ1v) is 6.69. The number of carbonyl (C=O) groups excluding carboxylic acids is 1. The molecular formula is C13H20N4O3. The smallest absolute Gasteiger partial charge is 0.317 e. The van der Waals surface area contributed by atoms with Crippen LogP contribution in [0.25, 0.3) is 0 Å². The van der Waals surface area contributed by atoms with Crippen molar-refractivity contribution >= 4 is 12.0 Å². The van der Waals surface area contributed by atoms with Crippen LogP contribution >= 0.6 is 0 Å². The summed E-state index contributed by atoms with van der Waals surface area (Å²) in [6, 6.07) is -0.192. The quantitative estimate of drug-likeness (QED) is 0.729. The van der Waals surface area contributed by atoms with Gasteiger partial charge in [-0.3, -0.25) is 9.89 Å². The van der Waals surface area contributed by atoms with E-state index in [1.807, 2.05) is 0 Å². The Balaban J connectivity index is 1.80. The second-order valence-corrected chi connectivity index (χ2v) is 5.55. The number of carboxylic acid groups (broad SMARTS) is 1. The Labute approximate surface area is 117 Å². The third kappa shape index (κ3) is 3.49. The Morgan fingerprint density at radius 2 is 2.30 bits per heavy atom. The van der Waals surface area contributed by atoms with Gasteiger partial charge in [0.15, 0.2) is 0 Å². The molecule has 0 radical (unpaired) electrons. The van der Waals surface area contributed by atoms with Crippen molar-refractivity contribution in [2.45, 2.75) is 32.2 Å². The minimum atomic E-state index is -0.800. The molecule has 1 aliphatic rings. The number of H-pyrrole nitrogens is 1. The van der Waals surface area contributed by atoms with Crippen LogP contribution in [-0.2, 0) is 11.3 Å². The topological polar surface area (TPSA) is 98.3 Å². The number of carboxylic acids is 1. The molecule has 1 aromatic heterocycles. The number of nitrogens with zero attached hydrogens (tertiary/aromatic N) is 2. The van der Waals surface area contributed by atoms with Crippen LogP contribution in [-0.4, -0.2) is 45.8 Å². The van der Waals surface area contributed by atoms with E-state index in [1.165, 1.54) is 0 Å². The lowest BCUT2D eigenvalue weighted by molar-refractivity contribution is -0.141. The zero-order chi connectivity index (χ0) is 14.6. The molecule has 0 atom stereocenters. The molecule has 0 spiro atoms. The highest BCUT2D eigenvalue weighted by Gasteiger charge is 2.39. The summed E-state index contributed by atoms with van der Waals surface area (Å²) in [5.74, 6) is -0.800. The van der Waals surface area contributed by atoms with E-state index in [0.29, 0.717) is 13.1 Å². The van der Waals surface area contributed by atoms with Crippen LogP contribution in [0.1, 0.15) is 31.2 Å². The number of nitrogens with one attached hydrogen (secondary N) is 2. The summed E-state index contributed by atoms with van der Waals surface area (Å²) in [7, 11) is 1.70. The van der Waals surface area contributed by atoms with Gasteiger partial charge in [-0.1, -0.05) is 6.42 Å². The molecular weight excluding hydrogens is 260 g/mol. The molecule has 1 heterocycles. The van der Waals surface area contributed by atoms with Crippen LogP contribution in [0.5, 0.6) is 0 Å². The molecule has 2 rings (SSSR count). The third-order valence-electron chi connectivity index (χ3n) is 3.88. The van der Waals surface area contributed by atoms with Crippen LogP contribution in [0.4, 0.5) is 4.79 Å². The zero-order valence-electron chi connectivity index (χ0n) is 11.6. The SMILES string of the molecule is CN(Cc1cn[nH]c1)C(=O)NCC1(CC(=O)O)CCC1. The second kappa shape index (κ2) is 5.94. The van der Waals surface area contributed by atoms with E-state index in [4.69, 9.17) is 5.11 Å². The largest absolute Gasteiger partial charge is 0.481 e. The molecule has 7 heteroatoms. The fraction of sp³-hybridized carbons (Fsp3) is 0.615. The lowest BCUT2D eigenvalue weighted by Crippen LogP contribution is -2.46. The fourth-order valence-electron chi connectivity index (χ4n) is 2.52. The van der Waals surface area contributed by atoms with Crippen molar-refractivity contribution in [1.29, 1.82) is 0 Å². The van der Waals surface area contributed by atoms with Gasteiger partial charge in [0.1, 0.15) is 0 Å². The number of hydrogen-bond donors (Lipinski definition) is 3. The molecule has 7 nitrogen and oxygen atoms in total. The average Bonchev–Trinajstić information content (AvgIpc) is 2.84. The van der Waals surface area contributed by atoms with E-state index in [0.717, 1.165) is 24.8 Å². The van der Waals surface area contributed by atoms with E-state index in [-0.39, 0.29) is 17.9 Å². The maximum atomic E-state index is 12.0. The number of aromatic amines is 1. The molecule has 1 fully saturated rings. The molecule has 1 aliphatic carbocycles. The van der Waals surface area contributed by atoms with Gasteiger partial charge in [-0.15, -0.1) is 0 Å². The monoisotopic (exact) mass is 280 g/mol. The van der Waals surface area contributed by atoms with Gasteiger partial charge in [0.05, 0.1) is 19.2 Å². The van der Waals surface area contributed by atoms with Gasteiger partial charge in [0, 0.05) is 25.4 Å². The highest BCUT2D eigenvalue weighted by molar-refractivity contribution is 5.74. The van der Waals surface area contributed by atoms with Gasteiger partial charge >= 0.3 is 12.0 Å². The van der Waals surface area contributed by atoms with E-state index in [9.17, 15) is 9.59 Å². The van der Waals surface area contributed by atoms with Gasteiger partial charge in [-0.2, -0.15) is 5.10 Å². The summed E-state index contributed by atoms with van der Waals surface area (Å²) in [5.41, 5.74) is 0.671. The van der Waals surface area contributed by atoms with Gasteiger partial charge in [0.2, 0.25) is 0 Å². The first kappa shape index (κ1) is 14.4. The fourth-order valence-corrected chi connectivity index (χ4v) is 2.52. The number of carbonyl (C=O) groups is 2. The Bertz CT molecular complexity index is 468. The predicted molar refractivity (Wildman–Crippen MR) is 72.0 cm³/mol. The second-order valence-electron chi connectivity index (χ2n) is 5.55.